The first-order valence-corrected chi connectivity index (χ1v) is 8.66. The van der Waals surface area contributed by atoms with E-state index in [1.165, 1.54) is 21.1 Å². The summed E-state index contributed by atoms with van der Waals surface area (Å²) in [7, 11) is -0.155. The van der Waals surface area contributed by atoms with Gasteiger partial charge in [-0.1, -0.05) is 6.42 Å². The number of hydrogen-bond donors (Lipinski definition) is 1. The minimum Gasteiger partial charge on any atom is -0.358 e. The summed E-state index contributed by atoms with van der Waals surface area (Å²) in [5.74, 6) is -0.407. The molecule has 2 rings (SSSR count). The van der Waals surface area contributed by atoms with Crippen LogP contribution in [-0.2, 0) is 28.9 Å². The molecule has 0 spiro atoms. The number of nitrogens with zero attached hydrogens (tertiary/aromatic N) is 3. The molecule has 1 N–H and O–H groups in total. The highest BCUT2D eigenvalue weighted by molar-refractivity contribution is 7.89. The predicted molar refractivity (Wildman–Crippen MR) is 82.5 cm³/mol. The molecule has 1 amide bonds. The maximum atomic E-state index is 12.9. The second-order valence-electron chi connectivity index (χ2n) is 5.49. The first-order chi connectivity index (χ1) is 10.7. The molecular formula is C13H20N4O5S. The fraction of sp³-hybridized carbons (Fsp3) is 0.615. The zero-order valence-corrected chi connectivity index (χ0v) is 14.1. The number of aryl methyl sites for hydroxylation is 1. The van der Waals surface area contributed by atoms with Crippen molar-refractivity contribution in [2.24, 2.45) is 14.1 Å². The van der Waals surface area contributed by atoms with Gasteiger partial charge in [-0.05, 0) is 12.8 Å². The van der Waals surface area contributed by atoms with Crippen LogP contribution in [0.2, 0.25) is 0 Å². The number of nitrogens with one attached hydrogen (secondary N) is 1. The Morgan fingerprint density at radius 3 is 2.52 bits per heavy atom. The molecule has 1 aromatic rings. The van der Waals surface area contributed by atoms with Crippen LogP contribution in [0.1, 0.15) is 19.3 Å². The smallest absolute Gasteiger partial charge is 0.330 e. The maximum absolute atomic E-state index is 12.9. The molecule has 1 aromatic heterocycles. The van der Waals surface area contributed by atoms with Crippen molar-refractivity contribution < 1.29 is 13.2 Å². The molecule has 1 saturated heterocycles. The molecule has 128 valence electrons. The summed E-state index contributed by atoms with van der Waals surface area (Å²) in [6.07, 6.45) is 2.74. The summed E-state index contributed by atoms with van der Waals surface area (Å²) in [6.45, 7) is 0.159. The number of rotatable bonds is 3. The van der Waals surface area contributed by atoms with Gasteiger partial charge in [0.15, 0.2) is 4.90 Å². The van der Waals surface area contributed by atoms with Gasteiger partial charge in [0.05, 0.1) is 0 Å². The zero-order valence-electron chi connectivity index (χ0n) is 13.3. The van der Waals surface area contributed by atoms with E-state index in [0.717, 1.165) is 26.1 Å². The molecule has 1 fully saturated rings. The number of amides is 1. The molecule has 10 heteroatoms. The first-order valence-electron chi connectivity index (χ1n) is 7.22. The monoisotopic (exact) mass is 344 g/mol. The first kappa shape index (κ1) is 17.4. The van der Waals surface area contributed by atoms with Gasteiger partial charge < -0.3 is 9.88 Å². The molecule has 1 aliphatic rings. The van der Waals surface area contributed by atoms with Gasteiger partial charge in [-0.15, -0.1) is 0 Å². The summed E-state index contributed by atoms with van der Waals surface area (Å²) in [5, 5.41) is 2.45. The molecule has 0 bridgehead atoms. The van der Waals surface area contributed by atoms with Crippen LogP contribution in [0.25, 0.3) is 0 Å². The van der Waals surface area contributed by atoms with E-state index in [9.17, 15) is 22.8 Å². The lowest BCUT2D eigenvalue weighted by atomic mass is 10.0. The largest absolute Gasteiger partial charge is 0.358 e. The van der Waals surface area contributed by atoms with Gasteiger partial charge in [-0.3, -0.25) is 14.2 Å². The Labute approximate surface area is 133 Å². The van der Waals surface area contributed by atoms with Gasteiger partial charge in [-0.25, -0.2) is 13.2 Å². The Balaban J connectivity index is 2.60. The van der Waals surface area contributed by atoms with Crippen molar-refractivity contribution in [1.29, 1.82) is 0 Å². The second kappa shape index (κ2) is 6.28. The van der Waals surface area contributed by atoms with E-state index in [-0.39, 0.29) is 6.54 Å². The number of piperidine rings is 1. The predicted octanol–water partition coefficient (Wildman–Crippen LogP) is -1.63. The van der Waals surface area contributed by atoms with Crippen molar-refractivity contribution in [3.05, 3.63) is 27.0 Å². The van der Waals surface area contributed by atoms with Gasteiger partial charge in [-0.2, -0.15) is 4.31 Å². The van der Waals surface area contributed by atoms with Gasteiger partial charge >= 0.3 is 5.69 Å². The Morgan fingerprint density at radius 1 is 1.26 bits per heavy atom. The molecule has 2 heterocycles. The number of aromatic nitrogens is 2. The fourth-order valence-corrected chi connectivity index (χ4v) is 4.51. The third kappa shape index (κ3) is 2.95. The molecule has 9 nitrogen and oxygen atoms in total. The van der Waals surface area contributed by atoms with E-state index in [0.29, 0.717) is 12.8 Å². The highest BCUT2D eigenvalue weighted by Gasteiger charge is 2.39. The third-order valence-corrected chi connectivity index (χ3v) is 5.89. The summed E-state index contributed by atoms with van der Waals surface area (Å²) < 4.78 is 28.6. The van der Waals surface area contributed by atoms with Crippen LogP contribution in [0.15, 0.2) is 20.7 Å². The van der Waals surface area contributed by atoms with E-state index >= 15 is 0 Å². The van der Waals surface area contributed by atoms with Crippen molar-refractivity contribution in [3.8, 4) is 0 Å². The zero-order chi connectivity index (χ0) is 17.4. The SMILES string of the molecule is CNC(=O)C1CCCCN1S(=O)(=O)c1cn(C)c(=O)n(C)c1=O. The lowest BCUT2D eigenvalue weighted by Crippen LogP contribution is -2.52. The molecular weight excluding hydrogens is 324 g/mol. The average molecular weight is 344 g/mol. The Bertz CT molecular complexity index is 839. The number of carbonyl (C=O) groups excluding carboxylic acids is 1. The summed E-state index contributed by atoms with van der Waals surface area (Å²) in [6, 6.07) is -0.847. The van der Waals surface area contributed by atoms with Crippen LogP contribution < -0.4 is 16.6 Å². The summed E-state index contributed by atoms with van der Waals surface area (Å²) >= 11 is 0. The van der Waals surface area contributed by atoms with Crippen LogP contribution in [0.5, 0.6) is 0 Å². The van der Waals surface area contributed by atoms with Gasteiger partial charge in [0, 0.05) is 33.9 Å². The van der Waals surface area contributed by atoms with Crippen molar-refractivity contribution in [3.63, 3.8) is 0 Å². The molecule has 1 aliphatic heterocycles. The van der Waals surface area contributed by atoms with Crippen molar-refractivity contribution in [2.75, 3.05) is 13.6 Å². The fourth-order valence-electron chi connectivity index (χ4n) is 2.70. The Kier molecular flexibility index (Phi) is 4.76. The lowest BCUT2D eigenvalue weighted by Gasteiger charge is -2.33. The molecule has 0 aromatic carbocycles. The number of hydrogen-bond acceptors (Lipinski definition) is 5. The number of sulfonamides is 1. The van der Waals surface area contributed by atoms with Crippen LogP contribution in [0.4, 0.5) is 0 Å². The molecule has 0 radical (unpaired) electrons. The van der Waals surface area contributed by atoms with Crippen LogP contribution in [-0.4, -0.2) is 47.4 Å². The van der Waals surface area contributed by atoms with Crippen molar-refractivity contribution >= 4 is 15.9 Å². The minimum atomic E-state index is -4.18. The minimum absolute atomic E-state index is 0.159. The normalized spacial score (nSPS) is 19.5. The topological polar surface area (TPSA) is 110 Å². The molecule has 23 heavy (non-hydrogen) atoms. The van der Waals surface area contributed by atoms with Gasteiger partial charge in [0.25, 0.3) is 15.6 Å². The Hall–Kier alpha value is -1.94. The third-order valence-electron chi connectivity index (χ3n) is 4.00. The number of likely N-dealkylation sites (N-methyl/N-ethyl adjacent to an activating group) is 1. The van der Waals surface area contributed by atoms with E-state index in [4.69, 9.17) is 0 Å². The average Bonchev–Trinajstić information content (AvgIpc) is 2.55. The standard InChI is InChI=1S/C13H20N4O5S/c1-14-11(18)9-6-4-5-7-17(9)23(21,22)10-8-15(2)13(20)16(3)12(10)19/h8-9H,4-7H2,1-3H3,(H,14,18). The molecule has 0 aliphatic carbocycles. The van der Waals surface area contributed by atoms with Gasteiger partial charge in [0.2, 0.25) is 5.91 Å². The highest BCUT2D eigenvalue weighted by atomic mass is 32.2. The van der Waals surface area contributed by atoms with E-state index < -0.39 is 38.1 Å². The number of carbonyl (C=O) groups is 1. The lowest BCUT2D eigenvalue weighted by molar-refractivity contribution is -0.125. The highest BCUT2D eigenvalue weighted by Crippen LogP contribution is 2.23. The molecule has 1 unspecified atom stereocenters. The van der Waals surface area contributed by atoms with Crippen molar-refractivity contribution in [2.45, 2.75) is 30.2 Å². The van der Waals surface area contributed by atoms with Crippen LogP contribution in [0, 0.1) is 0 Å². The quantitative estimate of drug-likeness (QED) is 0.708. The molecule has 1 atom stereocenters. The van der Waals surface area contributed by atoms with E-state index in [1.807, 2.05) is 0 Å². The van der Waals surface area contributed by atoms with E-state index in [1.54, 1.807) is 0 Å². The summed E-state index contributed by atoms with van der Waals surface area (Å²) in [4.78, 5) is 35.4. The van der Waals surface area contributed by atoms with E-state index in [2.05, 4.69) is 5.32 Å². The van der Waals surface area contributed by atoms with Gasteiger partial charge in [0.1, 0.15) is 6.04 Å². The maximum Gasteiger partial charge on any atom is 0.330 e. The molecule has 0 saturated carbocycles. The second-order valence-corrected chi connectivity index (χ2v) is 7.35. The summed E-state index contributed by atoms with van der Waals surface area (Å²) in [5.41, 5.74) is -1.51. The van der Waals surface area contributed by atoms with Crippen LogP contribution in [0.3, 0.4) is 0 Å². The van der Waals surface area contributed by atoms with Crippen LogP contribution >= 0.6 is 0 Å². The van der Waals surface area contributed by atoms with Crippen molar-refractivity contribution in [1.82, 2.24) is 18.8 Å². The Morgan fingerprint density at radius 2 is 1.91 bits per heavy atom.